The van der Waals surface area contributed by atoms with Crippen LogP contribution in [0.5, 0.6) is 0 Å². The first-order valence-electron chi connectivity index (χ1n) is 14.9. The van der Waals surface area contributed by atoms with E-state index in [1.807, 2.05) is 88.4 Å². The Hall–Kier alpha value is -4.43. The molecule has 2 amide bonds. The fourth-order valence-corrected chi connectivity index (χ4v) is 6.69. The Balaban J connectivity index is 1.81. The number of nitrogens with zero attached hydrogens (tertiary/aromatic N) is 2. The zero-order chi connectivity index (χ0) is 31.7. The minimum atomic E-state index is -4.13. The summed E-state index contributed by atoms with van der Waals surface area (Å²) in [6.07, 6.45) is 1.02. The molecule has 7 nitrogen and oxygen atoms in total. The van der Waals surface area contributed by atoms with Crippen LogP contribution in [0.4, 0.5) is 5.69 Å². The van der Waals surface area contributed by atoms with Gasteiger partial charge in [0.15, 0.2) is 0 Å². The molecule has 4 rings (SSSR count). The lowest BCUT2D eigenvalue weighted by atomic mass is 10.0. The molecule has 4 aromatic carbocycles. The van der Waals surface area contributed by atoms with Crippen LogP contribution < -0.4 is 9.62 Å². The molecule has 0 spiro atoms. The molecule has 8 heteroatoms. The fourth-order valence-electron chi connectivity index (χ4n) is 5.27. The van der Waals surface area contributed by atoms with Crippen LogP contribution in [0, 0.1) is 20.8 Å². The number of sulfonamides is 1. The van der Waals surface area contributed by atoms with E-state index >= 15 is 0 Å². The molecule has 0 radical (unpaired) electrons. The highest BCUT2D eigenvalue weighted by Gasteiger charge is 2.34. The van der Waals surface area contributed by atoms with Gasteiger partial charge in [-0.2, -0.15) is 0 Å². The van der Waals surface area contributed by atoms with Gasteiger partial charge in [-0.25, -0.2) is 8.42 Å². The van der Waals surface area contributed by atoms with Crippen molar-refractivity contribution in [2.75, 3.05) is 17.4 Å². The molecule has 0 fully saturated rings. The number of amides is 2. The van der Waals surface area contributed by atoms with E-state index < -0.39 is 28.5 Å². The molecular weight excluding hydrogens is 570 g/mol. The molecule has 0 aliphatic carbocycles. The summed E-state index contributed by atoms with van der Waals surface area (Å²) in [5.41, 5.74) is 4.91. The summed E-state index contributed by atoms with van der Waals surface area (Å²) < 4.78 is 29.4. The van der Waals surface area contributed by atoms with Gasteiger partial charge in [-0.15, -0.1) is 0 Å². The third-order valence-electron chi connectivity index (χ3n) is 7.36. The number of hydrogen-bond donors (Lipinski definition) is 1. The molecule has 0 saturated heterocycles. The standard InChI is InChI=1S/C36H41N3O4S/c1-5-19-37-36(41)34(24-30-14-8-6-9-15-30)38(25-31-16-12-13-27(2)21-31)35(40)26-39(32-22-28(3)20-29(4)23-32)44(42,43)33-17-10-7-11-18-33/h6-18,20-23,34H,5,19,24-26H2,1-4H3,(H,37,41). The van der Waals surface area contributed by atoms with Crippen molar-refractivity contribution in [1.29, 1.82) is 0 Å². The molecule has 1 unspecified atom stereocenters. The van der Waals surface area contributed by atoms with Crippen LogP contribution in [0.15, 0.2) is 108 Å². The van der Waals surface area contributed by atoms with Gasteiger partial charge in [0.2, 0.25) is 11.8 Å². The van der Waals surface area contributed by atoms with E-state index in [1.165, 1.54) is 17.0 Å². The predicted octanol–water partition coefficient (Wildman–Crippen LogP) is 5.97. The molecule has 0 aromatic heterocycles. The molecule has 4 aromatic rings. The quantitative estimate of drug-likeness (QED) is 0.202. The highest BCUT2D eigenvalue weighted by atomic mass is 32.2. The number of hydrogen-bond acceptors (Lipinski definition) is 4. The Kier molecular flexibility index (Phi) is 11.0. The summed E-state index contributed by atoms with van der Waals surface area (Å²) in [5, 5.41) is 2.98. The van der Waals surface area contributed by atoms with Crippen LogP contribution >= 0.6 is 0 Å². The summed E-state index contributed by atoms with van der Waals surface area (Å²) in [5.74, 6) is -0.752. The summed E-state index contributed by atoms with van der Waals surface area (Å²) >= 11 is 0. The zero-order valence-electron chi connectivity index (χ0n) is 25.9. The molecular formula is C36H41N3O4S. The van der Waals surface area contributed by atoms with E-state index in [4.69, 9.17) is 0 Å². The van der Waals surface area contributed by atoms with Crippen LogP contribution in [0.3, 0.4) is 0 Å². The summed E-state index contributed by atoms with van der Waals surface area (Å²) in [7, 11) is -4.13. The monoisotopic (exact) mass is 611 g/mol. The Morgan fingerprint density at radius 2 is 1.36 bits per heavy atom. The Bertz CT molecular complexity index is 1650. The molecule has 44 heavy (non-hydrogen) atoms. The van der Waals surface area contributed by atoms with E-state index in [-0.39, 0.29) is 23.8 Å². The molecule has 1 N–H and O–H groups in total. The van der Waals surface area contributed by atoms with Gasteiger partial charge in [0.1, 0.15) is 12.6 Å². The lowest BCUT2D eigenvalue weighted by molar-refractivity contribution is -0.140. The number of rotatable bonds is 13. The lowest BCUT2D eigenvalue weighted by Crippen LogP contribution is -2.53. The average molecular weight is 612 g/mol. The minimum absolute atomic E-state index is 0.0821. The molecule has 230 valence electrons. The second-order valence-electron chi connectivity index (χ2n) is 11.2. The van der Waals surface area contributed by atoms with Crippen molar-refractivity contribution in [3.8, 4) is 0 Å². The minimum Gasteiger partial charge on any atom is -0.354 e. The third-order valence-corrected chi connectivity index (χ3v) is 9.15. The van der Waals surface area contributed by atoms with Crippen molar-refractivity contribution < 1.29 is 18.0 Å². The second-order valence-corrected chi connectivity index (χ2v) is 13.0. The van der Waals surface area contributed by atoms with Gasteiger partial charge in [0.25, 0.3) is 10.0 Å². The third kappa shape index (κ3) is 8.35. The van der Waals surface area contributed by atoms with Crippen LogP contribution in [-0.2, 0) is 32.6 Å². The van der Waals surface area contributed by atoms with Gasteiger partial charge in [0.05, 0.1) is 10.6 Å². The van der Waals surface area contributed by atoms with Crippen molar-refractivity contribution in [3.05, 3.63) is 131 Å². The van der Waals surface area contributed by atoms with E-state index in [0.717, 1.165) is 38.5 Å². The van der Waals surface area contributed by atoms with Gasteiger partial charge in [-0.3, -0.25) is 13.9 Å². The Morgan fingerprint density at radius 1 is 0.750 bits per heavy atom. The highest BCUT2D eigenvalue weighted by Crippen LogP contribution is 2.27. The van der Waals surface area contributed by atoms with Crippen molar-refractivity contribution in [1.82, 2.24) is 10.2 Å². The van der Waals surface area contributed by atoms with Crippen LogP contribution in [0.1, 0.15) is 41.2 Å². The smallest absolute Gasteiger partial charge is 0.264 e. The van der Waals surface area contributed by atoms with Gasteiger partial charge >= 0.3 is 0 Å². The first kappa shape index (κ1) is 32.5. The zero-order valence-corrected chi connectivity index (χ0v) is 26.7. The maximum absolute atomic E-state index is 14.5. The largest absolute Gasteiger partial charge is 0.354 e. The first-order valence-corrected chi connectivity index (χ1v) is 16.3. The molecule has 0 bridgehead atoms. The number of anilines is 1. The van der Waals surface area contributed by atoms with Crippen LogP contribution in [0.2, 0.25) is 0 Å². The predicted molar refractivity (Wildman–Crippen MR) is 176 cm³/mol. The van der Waals surface area contributed by atoms with Crippen LogP contribution in [-0.4, -0.2) is 44.3 Å². The fraction of sp³-hybridized carbons (Fsp3) is 0.278. The van der Waals surface area contributed by atoms with Crippen molar-refractivity contribution in [2.24, 2.45) is 0 Å². The molecule has 0 aliphatic rings. The van der Waals surface area contributed by atoms with E-state index in [0.29, 0.717) is 12.2 Å². The lowest BCUT2D eigenvalue weighted by Gasteiger charge is -2.34. The summed E-state index contributed by atoms with van der Waals surface area (Å²) in [6, 6.07) is 30.1. The van der Waals surface area contributed by atoms with Gasteiger partial charge < -0.3 is 10.2 Å². The molecule has 0 heterocycles. The number of benzene rings is 4. The summed E-state index contributed by atoms with van der Waals surface area (Å²) in [6.45, 7) is 7.86. The molecule has 1 atom stereocenters. The van der Waals surface area contributed by atoms with Crippen molar-refractivity contribution in [2.45, 2.75) is 58.0 Å². The van der Waals surface area contributed by atoms with Gasteiger partial charge in [0, 0.05) is 19.5 Å². The van der Waals surface area contributed by atoms with Crippen LogP contribution in [0.25, 0.3) is 0 Å². The second kappa shape index (κ2) is 14.8. The van der Waals surface area contributed by atoms with Gasteiger partial charge in [-0.1, -0.05) is 91.3 Å². The van der Waals surface area contributed by atoms with E-state index in [2.05, 4.69) is 5.32 Å². The van der Waals surface area contributed by atoms with Gasteiger partial charge in [-0.05, 0) is 73.7 Å². The maximum Gasteiger partial charge on any atom is 0.264 e. The van der Waals surface area contributed by atoms with E-state index in [1.54, 1.807) is 30.3 Å². The molecule has 0 aliphatic heterocycles. The molecule has 0 saturated carbocycles. The Labute approximate surface area is 261 Å². The summed E-state index contributed by atoms with van der Waals surface area (Å²) in [4.78, 5) is 29.9. The SMILES string of the molecule is CCCNC(=O)C(Cc1ccccc1)N(Cc1cccc(C)c1)C(=O)CN(c1cc(C)cc(C)c1)S(=O)(=O)c1ccccc1. The highest BCUT2D eigenvalue weighted by molar-refractivity contribution is 7.92. The van der Waals surface area contributed by atoms with Crippen molar-refractivity contribution >= 4 is 27.5 Å². The number of carbonyl (C=O) groups excluding carboxylic acids is 2. The maximum atomic E-state index is 14.5. The number of nitrogens with one attached hydrogen (secondary N) is 1. The average Bonchev–Trinajstić information content (AvgIpc) is 3.00. The number of aryl methyl sites for hydroxylation is 3. The van der Waals surface area contributed by atoms with Crippen molar-refractivity contribution in [3.63, 3.8) is 0 Å². The Morgan fingerprint density at radius 3 is 1.98 bits per heavy atom. The number of carbonyl (C=O) groups is 2. The normalized spacial score (nSPS) is 11.9. The van der Waals surface area contributed by atoms with E-state index in [9.17, 15) is 18.0 Å². The first-order chi connectivity index (χ1) is 21.1. The topological polar surface area (TPSA) is 86.8 Å².